The van der Waals surface area contributed by atoms with Crippen LogP contribution in [0.15, 0.2) is 59.6 Å². The summed E-state index contributed by atoms with van der Waals surface area (Å²) in [5.74, 6) is 0.0381. The molecular weight excluding hydrogens is 466 g/mol. The lowest BCUT2D eigenvalue weighted by Crippen LogP contribution is -2.41. The second-order valence-corrected chi connectivity index (χ2v) is 12.2. The summed E-state index contributed by atoms with van der Waals surface area (Å²) in [6.45, 7) is 6.90. The van der Waals surface area contributed by atoms with Gasteiger partial charge >= 0.3 is 0 Å². The maximum Gasteiger partial charge on any atom is 0.243 e. The first-order valence-corrected chi connectivity index (χ1v) is 13.9. The molecule has 0 aliphatic carbocycles. The van der Waals surface area contributed by atoms with E-state index in [0.29, 0.717) is 41.9 Å². The lowest BCUT2D eigenvalue weighted by Gasteiger charge is -2.30. The van der Waals surface area contributed by atoms with Crippen LogP contribution in [0.2, 0.25) is 0 Å². The monoisotopic (exact) mass is 497 g/mol. The average Bonchev–Trinajstić information content (AvgIpc) is 3.25. The van der Waals surface area contributed by atoms with E-state index in [4.69, 9.17) is 0 Å². The number of aromatic nitrogens is 1. The van der Waals surface area contributed by atoms with Crippen LogP contribution in [0.3, 0.4) is 0 Å². The van der Waals surface area contributed by atoms with Crippen LogP contribution in [-0.2, 0) is 21.2 Å². The summed E-state index contributed by atoms with van der Waals surface area (Å²) in [5.41, 5.74) is 3.55. The first kappa shape index (κ1) is 24.6. The van der Waals surface area contributed by atoms with Crippen LogP contribution in [0.5, 0.6) is 0 Å². The van der Waals surface area contributed by atoms with E-state index in [1.165, 1.54) is 26.8 Å². The maximum absolute atomic E-state index is 13.0. The fourth-order valence-electron chi connectivity index (χ4n) is 4.21. The smallest absolute Gasteiger partial charge is 0.243 e. The van der Waals surface area contributed by atoms with E-state index < -0.39 is 10.0 Å². The zero-order valence-electron chi connectivity index (χ0n) is 19.8. The predicted octanol–water partition coefficient (Wildman–Crippen LogP) is 5.21. The highest BCUT2D eigenvalue weighted by Gasteiger charge is 2.32. The van der Waals surface area contributed by atoms with E-state index in [1.54, 1.807) is 12.1 Å². The Hall–Kier alpha value is -2.55. The number of sulfonamides is 1. The van der Waals surface area contributed by atoms with Gasteiger partial charge in [-0.15, -0.1) is 11.3 Å². The molecule has 1 saturated heterocycles. The Morgan fingerprint density at radius 2 is 1.85 bits per heavy atom. The first-order chi connectivity index (χ1) is 16.2. The molecule has 1 aliphatic rings. The van der Waals surface area contributed by atoms with Crippen molar-refractivity contribution in [2.75, 3.05) is 18.4 Å². The van der Waals surface area contributed by atoms with E-state index in [0.717, 1.165) is 16.9 Å². The fraction of sp³-hybridized carbons (Fsp3) is 0.385. The Labute approximate surface area is 206 Å². The van der Waals surface area contributed by atoms with Gasteiger partial charge in [0.2, 0.25) is 15.9 Å². The molecule has 2 heterocycles. The summed E-state index contributed by atoms with van der Waals surface area (Å²) in [6, 6.07) is 15.5. The summed E-state index contributed by atoms with van der Waals surface area (Å²) in [6.07, 6.45) is 3.58. The van der Waals surface area contributed by atoms with Crippen LogP contribution in [0.1, 0.15) is 54.2 Å². The Balaban J connectivity index is 1.32. The number of nitrogens with one attached hydrogen (secondary N) is 1. The van der Waals surface area contributed by atoms with Gasteiger partial charge in [0.25, 0.3) is 0 Å². The van der Waals surface area contributed by atoms with Gasteiger partial charge in [-0.3, -0.25) is 4.79 Å². The normalized spacial score (nSPS) is 15.5. The number of anilines is 1. The van der Waals surface area contributed by atoms with Gasteiger partial charge in [-0.1, -0.05) is 55.8 Å². The van der Waals surface area contributed by atoms with Crippen LogP contribution in [-0.4, -0.2) is 36.7 Å². The van der Waals surface area contributed by atoms with Crippen molar-refractivity contribution in [1.29, 1.82) is 0 Å². The minimum atomic E-state index is -3.55. The van der Waals surface area contributed by atoms with Crippen molar-refractivity contribution >= 4 is 32.4 Å². The molecule has 0 atom stereocenters. The molecular formula is C26H31N3O3S2. The lowest BCUT2D eigenvalue weighted by molar-refractivity contribution is -0.120. The van der Waals surface area contributed by atoms with Gasteiger partial charge in [-0.2, -0.15) is 4.31 Å². The number of rotatable bonds is 7. The van der Waals surface area contributed by atoms with Crippen molar-refractivity contribution in [3.8, 4) is 0 Å². The molecule has 6 nitrogen and oxygen atoms in total. The molecule has 1 amide bonds. The van der Waals surface area contributed by atoms with Gasteiger partial charge in [0.05, 0.1) is 4.90 Å². The highest BCUT2D eigenvalue weighted by Crippen LogP contribution is 2.27. The standard InChI is InChI=1S/C26H31N3O3S2/c1-18(2)21-7-9-24(10-8-21)34(31,32)29-13-11-22(12-14-29)25(30)28-26-27-17-23(33-26)16-20-6-4-5-19(3)15-20/h4-10,15,17-18,22H,11-14,16H2,1-3H3,(H,27,28,30). The molecule has 180 valence electrons. The average molecular weight is 498 g/mol. The summed E-state index contributed by atoms with van der Waals surface area (Å²) in [4.78, 5) is 18.6. The Morgan fingerprint density at radius 3 is 2.50 bits per heavy atom. The SMILES string of the molecule is Cc1cccc(Cc2cnc(NC(=O)C3CCN(S(=O)(=O)c4ccc(C(C)C)cc4)CC3)s2)c1. The van der Waals surface area contributed by atoms with Gasteiger partial charge in [-0.05, 0) is 48.9 Å². The Kier molecular flexibility index (Phi) is 7.50. The van der Waals surface area contributed by atoms with Crippen LogP contribution in [0.4, 0.5) is 5.13 Å². The molecule has 0 radical (unpaired) electrons. The van der Waals surface area contributed by atoms with E-state index in [9.17, 15) is 13.2 Å². The van der Waals surface area contributed by atoms with Gasteiger partial charge in [0, 0.05) is 36.5 Å². The summed E-state index contributed by atoms with van der Waals surface area (Å²) >= 11 is 1.48. The first-order valence-electron chi connectivity index (χ1n) is 11.6. The topological polar surface area (TPSA) is 79.4 Å². The van der Waals surface area contributed by atoms with Crippen molar-refractivity contribution < 1.29 is 13.2 Å². The van der Waals surface area contributed by atoms with Crippen LogP contribution < -0.4 is 5.32 Å². The summed E-state index contributed by atoms with van der Waals surface area (Å²) in [7, 11) is -3.55. The molecule has 2 aromatic carbocycles. The third kappa shape index (κ3) is 5.74. The zero-order valence-corrected chi connectivity index (χ0v) is 21.5. The van der Waals surface area contributed by atoms with Gasteiger partial charge < -0.3 is 5.32 Å². The number of thiazole rings is 1. The van der Waals surface area contributed by atoms with Crippen molar-refractivity contribution in [2.45, 2.75) is 50.8 Å². The van der Waals surface area contributed by atoms with Gasteiger partial charge in [0.15, 0.2) is 5.13 Å². The number of hydrogen-bond donors (Lipinski definition) is 1. The van der Waals surface area contributed by atoms with Crippen molar-refractivity contribution in [1.82, 2.24) is 9.29 Å². The van der Waals surface area contributed by atoms with E-state index in [-0.39, 0.29) is 11.8 Å². The largest absolute Gasteiger partial charge is 0.302 e. The van der Waals surface area contributed by atoms with Gasteiger partial charge in [-0.25, -0.2) is 13.4 Å². The Morgan fingerprint density at radius 1 is 1.15 bits per heavy atom. The number of nitrogens with zero attached hydrogens (tertiary/aromatic N) is 2. The molecule has 8 heteroatoms. The van der Waals surface area contributed by atoms with Crippen molar-refractivity contribution in [3.05, 3.63) is 76.3 Å². The van der Waals surface area contributed by atoms with E-state index in [2.05, 4.69) is 49.3 Å². The molecule has 0 bridgehead atoms. The molecule has 4 rings (SSSR count). The van der Waals surface area contributed by atoms with E-state index >= 15 is 0 Å². The maximum atomic E-state index is 13.0. The molecule has 1 N–H and O–H groups in total. The number of carbonyl (C=O) groups excluding carboxylic acids is 1. The summed E-state index contributed by atoms with van der Waals surface area (Å²) < 4.78 is 27.5. The number of carbonyl (C=O) groups is 1. The summed E-state index contributed by atoms with van der Waals surface area (Å²) in [5, 5.41) is 3.52. The molecule has 0 unspecified atom stereocenters. The number of amides is 1. The third-order valence-corrected chi connectivity index (χ3v) is 9.08. The highest BCUT2D eigenvalue weighted by molar-refractivity contribution is 7.89. The van der Waals surface area contributed by atoms with Crippen LogP contribution >= 0.6 is 11.3 Å². The fourth-order valence-corrected chi connectivity index (χ4v) is 6.53. The lowest BCUT2D eigenvalue weighted by atomic mass is 9.97. The minimum Gasteiger partial charge on any atom is -0.302 e. The second kappa shape index (κ2) is 10.4. The third-order valence-electron chi connectivity index (χ3n) is 6.25. The van der Waals surface area contributed by atoms with Gasteiger partial charge in [0.1, 0.15) is 0 Å². The number of benzene rings is 2. The molecule has 0 spiro atoms. The highest BCUT2D eigenvalue weighted by atomic mass is 32.2. The number of hydrogen-bond acceptors (Lipinski definition) is 5. The van der Waals surface area contributed by atoms with Crippen molar-refractivity contribution in [3.63, 3.8) is 0 Å². The molecule has 1 aliphatic heterocycles. The minimum absolute atomic E-state index is 0.0882. The van der Waals surface area contributed by atoms with E-state index in [1.807, 2.05) is 24.4 Å². The second-order valence-electron chi connectivity index (χ2n) is 9.19. The molecule has 34 heavy (non-hydrogen) atoms. The predicted molar refractivity (Wildman–Crippen MR) is 137 cm³/mol. The molecule has 1 fully saturated rings. The number of aryl methyl sites for hydroxylation is 1. The zero-order chi connectivity index (χ0) is 24.3. The number of piperidine rings is 1. The molecule has 3 aromatic rings. The quantitative estimate of drug-likeness (QED) is 0.486. The van der Waals surface area contributed by atoms with Crippen LogP contribution in [0.25, 0.3) is 0 Å². The van der Waals surface area contributed by atoms with Crippen LogP contribution in [0, 0.1) is 12.8 Å². The van der Waals surface area contributed by atoms with Crippen molar-refractivity contribution in [2.24, 2.45) is 5.92 Å². The molecule has 1 aromatic heterocycles. The Bertz CT molecular complexity index is 1240. The molecule has 0 saturated carbocycles.